The van der Waals surface area contributed by atoms with Crippen LogP contribution in [-0.4, -0.2) is 53.8 Å². The van der Waals surface area contributed by atoms with E-state index in [9.17, 15) is 24.8 Å². The molecule has 3 heterocycles. The second kappa shape index (κ2) is 11.9. The lowest BCUT2D eigenvalue weighted by Gasteiger charge is -2.35. The van der Waals surface area contributed by atoms with Gasteiger partial charge in [0.15, 0.2) is 17.2 Å². The quantitative estimate of drug-likeness (QED) is 0.286. The zero-order valence-electron chi connectivity index (χ0n) is 24.5. The van der Waals surface area contributed by atoms with Crippen molar-refractivity contribution in [2.24, 2.45) is 5.73 Å². The Morgan fingerprint density at radius 3 is 2.26 bits per heavy atom. The molecule has 4 aromatic rings. The monoisotopic (exact) mass is 619 g/mol. The first-order valence-electron chi connectivity index (χ1n) is 13.8. The van der Waals surface area contributed by atoms with E-state index in [-0.39, 0.29) is 35.2 Å². The molecule has 1 aromatic heterocycles. The molecule has 0 radical (unpaired) electrons. The maximum absolute atomic E-state index is 13.4. The molecule has 3 aromatic carbocycles. The highest BCUT2D eigenvalue weighted by Crippen LogP contribution is 2.43. The van der Waals surface area contributed by atoms with Crippen molar-refractivity contribution in [2.75, 3.05) is 25.9 Å². The molecule has 0 saturated heterocycles. The van der Waals surface area contributed by atoms with Gasteiger partial charge in [-0.3, -0.25) is 4.90 Å². The average Bonchev–Trinajstić information content (AvgIpc) is 3.75. The molecule has 0 saturated carbocycles. The molecule has 6 rings (SSSR count). The van der Waals surface area contributed by atoms with Crippen molar-refractivity contribution >= 4 is 23.6 Å². The van der Waals surface area contributed by atoms with E-state index in [1.165, 1.54) is 22.8 Å². The minimum atomic E-state index is -1.22. The van der Waals surface area contributed by atoms with Gasteiger partial charge in [0.05, 0.1) is 48.7 Å². The van der Waals surface area contributed by atoms with Gasteiger partial charge in [-0.2, -0.15) is 10.4 Å². The fourth-order valence-electron chi connectivity index (χ4n) is 5.47. The summed E-state index contributed by atoms with van der Waals surface area (Å²) < 4.78 is 22.5. The van der Waals surface area contributed by atoms with Gasteiger partial charge in [-0.1, -0.05) is 30.3 Å². The molecule has 13 heteroatoms. The van der Waals surface area contributed by atoms with E-state index in [2.05, 4.69) is 11.2 Å². The fraction of sp³-hybridized carbons (Fsp3) is 0.121. The van der Waals surface area contributed by atoms with E-state index in [0.29, 0.717) is 39.7 Å². The number of hydrogen-bond donors (Lipinski definition) is 2. The maximum Gasteiger partial charge on any atom is 0.356 e. The number of nitriles is 1. The number of aromatic carboxylic acids is 1. The Hall–Kier alpha value is -6.55. The van der Waals surface area contributed by atoms with Crippen LogP contribution in [0, 0.1) is 11.3 Å². The van der Waals surface area contributed by atoms with Crippen molar-refractivity contribution in [1.82, 2.24) is 9.78 Å². The molecule has 46 heavy (non-hydrogen) atoms. The number of aromatic nitrogens is 2. The third-order valence-corrected chi connectivity index (χ3v) is 7.56. The van der Waals surface area contributed by atoms with Crippen molar-refractivity contribution in [3.8, 4) is 34.5 Å². The number of allylic oxidation sites excluding steroid dienone is 1. The molecule has 1 unspecified atom stereocenters. The van der Waals surface area contributed by atoms with E-state index in [0.717, 1.165) is 7.11 Å². The summed E-state index contributed by atoms with van der Waals surface area (Å²) in [6.07, 6.45) is 0. The third kappa shape index (κ3) is 4.93. The first kappa shape index (κ1) is 29.5. The van der Waals surface area contributed by atoms with Crippen LogP contribution >= 0.6 is 0 Å². The summed E-state index contributed by atoms with van der Waals surface area (Å²) in [7, 11) is 2.34. The third-order valence-electron chi connectivity index (χ3n) is 7.56. The Balaban J connectivity index is 1.49. The normalized spacial score (nSPS) is 15.4. The van der Waals surface area contributed by atoms with Gasteiger partial charge in [-0.25, -0.2) is 19.1 Å². The van der Waals surface area contributed by atoms with Crippen LogP contribution in [0.2, 0.25) is 0 Å². The highest BCUT2D eigenvalue weighted by atomic mass is 16.7. The standard InChI is InChI=1S/C33H25N5O8/c1-43-32(41)28-27(18-6-4-3-5-7-18)22(16-34)30(35)37(29(28)33(42)44-2)20-9-11-21(12-10-20)38-24(15-23(36-38)31(39)40)19-8-13-25-26(14-19)46-17-45-25/h3-15,27H,17,35H2,1-2H3,(H,39,40). The Labute approximate surface area is 261 Å². The number of nitrogens with zero attached hydrogens (tertiary/aromatic N) is 4. The smallest absolute Gasteiger partial charge is 0.356 e. The molecule has 0 aliphatic carbocycles. The molecule has 1 atom stereocenters. The number of methoxy groups -OCH3 is 2. The van der Waals surface area contributed by atoms with Crippen LogP contribution in [0.1, 0.15) is 22.0 Å². The van der Waals surface area contributed by atoms with E-state index in [4.69, 9.17) is 24.7 Å². The molecule has 13 nitrogen and oxygen atoms in total. The number of hydrogen-bond acceptors (Lipinski definition) is 11. The van der Waals surface area contributed by atoms with Gasteiger partial charge in [-0.15, -0.1) is 0 Å². The van der Waals surface area contributed by atoms with Gasteiger partial charge >= 0.3 is 17.9 Å². The van der Waals surface area contributed by atoms with Crippen molar-refractivity contribution < 1.29 is 38.4 Å². The van der Waals surface area contributed by atoms with E-state index in [1.54, 1.807) is 72.8 Å². The largest absolute Gasteiger partial charge is 0.476 e. The van der Waals surface area contributed by atoms with Crippen LogP contribution in [0.15, 0.2) is 102 Å². The predicted octanol–water partition coefficient (Wildman–Crippen LogP) is 3.86. The van der Waals surface area contributed by atoms with Gasteiger partial charge < -0.3 is 29.8 Å². The summed E-state index contributed by atoms with van der Waals surface area (Å²) in [5, 5.41) is 24.3. The average molecular weight is 620 g/mol. The Morgan fingerprint density at radius 2 is 1.61 bits per heavy atom. The molecule has 0 bridgehead atoms. The lowest BCUT2D eigenvalue weighted by molar-refractivity contribution is -0.139. The number of carbonyl (C=O) groups is 3. The van der Waals surface area contributed by atoms with Crippen molar-refractivity contribution in [3.63, 3.8) is 0 Å². The number of ether oxygens (including phenoxy) is 4. The Morgan fingerprint density at radius 1 is 0.935 bits per heavy atom. The van der Waals surface area contributed by atoms with E-state index >= 15 is 0 Å². The Bertz CT molecular complexity index is 1990. The molecule has 2 aliphatic rings. The molecule has 0 spiro atoms. The van der Waals surface area contributed by atoms with Crippen LogP contribution in [0.4, 0.5) is 5.69 Å². The number of benzene rings is 3. The number of anilines is 1. The number of esters is 2. The van der Waals surface area contributed by atoms with E-state index in [1.807, 2.05) is 0 Å². The Kier molecular flexibility index (Phi) is 7.61. The van der Waals surface area contributed by atoms with Gasteiger partial charge in [0.1, 0.15) is 11.5 Å². The molecular formula is C33H25N5O8. The van der Waals surface area contributed by atoms with E-state index < -0.39 is 23.8 Å². The topological polar surface area (TPSA) is 179 Å². The number of carboxylic acid groups (broad SMARTS) is 1. The fourth-order valence-corrected chi connectivity index (χ4v) is 5.47. The molecule has 3 N–H and O–H groups in total. The van der Waals surface area contributed by atoms with Crippen LogP contribution in [0.25, 0.3) is 16.9 Å². The number of fused-ring (bicyclic) bond motifs is 1. The highest BCUT2D eigenvalue weighted by Gasteiger charge is 2.43. The van der Waals surface area contributed by atoms with Crippen LogP contribution in [-0.2, 0) is 19.1 Å². The molecule has 0 amide bonds. The summed E-state index contributed by atoms with van der Waals surface area (Å²) in [6.45, 7) is 0.0767. The summed E-state index contributed by atoms with van der Waals surface area (Å²) in [6, 6.07) is 23.9. The van der Waals surface area contributed by atoms with Crippen LogP contribution in [0.3, 0.4) is 0 Å². The summed E-state index contributed by atoms with van der Waals surface area (Å²) in [5.41, 5.74) is 8.47. The van der Waals surface area contributed by atoms with Gasteiger partial charge in [0, 0.05) is 11.3 Å². The van der Waals surface area contributed by atoms with Crippen molar-refractivity contribution in [3.05, 3.63) is 113 Å². The lowest BCUT2D eigenvalue weighted by atomic mass is 9.81. The first-order chi connectivity index (χ1) is 22.3. The summed E-state index contributed by atoms with van der Waals surface area (Å²) in [5.74, 6) is -2.97. The molecule has 230 valence electrons. The van der Waals surface area contributed by atoms with Crippen LogP contribution in [0.5, 0.6) is 11.5 Å². The number of rotatable bonds is 7. The van der Waals surface area contributed by atoms with Crippen LogP contribution < -0.4 is 20.1 Å². The van der Waals surface area contributed by atoms with Gasteiger partial charge in [0.25, 0.3) is 0 Å². The highest BCUT2D eigenvalue weighted by molar-refractivity contribution is 6.06. The van der Waals surface area contributed by atoms with Crippen molar-refractivity contribution in [2.45, 2.75) is 5.92 Å². The number of carbonyl (C=O) groups excluding carboxylic acids is 2. The maximum atomic E-state index is 13.4. The zero-order chi connectivity index (χ0) is 32.5. The summed E-state index contributed by atoms with van der Waals surface area (Å²) >= 11 is 0. The van der Waals surface area contributed by atoms with Gasteiger partial charge in [-0.05, 0) is 54.1 Å². The lowest BCUT2D eigenvalue weighted by Crippen LogP contribution is -2.40. The number of nitrogens with two attached hydrogens (primary N) is 1. The summed E-state index contributed by atoms with van der Waals surface area (Å²) in [4.78, 5) is 39.8. The second-order valence-electron chi connectivity index (χ2n) is 10.1. The predicted molar refractivity (Wildman–Crippen MR) is 162 cm³/mol. The molecule has 2 aliphatic heterocycles. The second-order valence-corrected chi connectivity index (χ2v) is 10.1. The SMILES string of the molecule is COC(=O)C1=C(C(=O)OC)N(c2ccc(-n3nc(C(=O)O)cc3-c3ccc4c(c3)OCO4)cc2)C(N)=C(C#N)C1c1ccccc1. The van der Waals surface area contributed by atoms with Crippen molar-refractivity contribution in [1.29, 1.82) is 5.26 Å². The van der Waals surface area contributed by atoms with Gasteiger partial charge in [0.2, 0.25) is 6.79 Å². The minimum absolute atomic E-state index is 0.0200. The zero-order valence-corrected chi connectivity index (χ0v) is 24.5. The molecule has 0 fully saturated rings. The minimum Gasteiger partial charge on any atom is -0.476 e. The number of carboxylic acids is 1. The molecular weight excluding hydrogens is 594 g/mol. The first-order valence-corrected chi connectivity index (χ1v) is 13.8.